The monoisotopic (exact) mass is 285 g/mol. The molecule has 0 fully saturated rings. The summed E-state index contributed by atoms with van der Waals surface area (Å²) in [4.78, 5) is 8.41. The first-order chi connectivity index (χ1) is 8.47. The van der Waals surface area contributed by atoms with Crippen LogP contribution < -0.4 is 5.32 Å². The van der Waals surface area contributed by atoms with Crippen LogP contribution in [0.1, 0.15) is 11.4 Å². The van der Waals surface area contributed by atoms with Crippen LogP contribution in [0.4, 0.5) is 15.9 Å². The number of aromatic nitrogens is 2. The van der Waals surface area contributed by atoms with Crippen LogP contribution in [0.15, 0.2) is 18.2 Å². The molecule has 0 unspecified atom stereocenters. The lowest BCUT2D eigenvalue weighted by atomic mass is 10.3. The van der Waals surface area contributed by atoms with Crippen LogP contribution in [0.25, 0.3) is 0 Å². The lowest BCUT2D eigenvalue weighted by molar-refractivity contribution is 0.628. The van der Waals surface area contributed by atoms with E-state index in [0.29, 0.717) is 11.5 Å². The maximum Gasteiger partial charge on any atom is 0.172 e. The van der Waals surface area contributed by atoms with E-state index in [1.807, 2.05) is 13.8 Å². The first-order valence-electron chi connectivity index (χ1n) is 5.20. The Kier molecular flexibility index (Phi) is 3.68. The number of benzene rings is 1. The molecule has 2 rings (SSSR count). The summed E-state index contributed by atoms with van der Waals surface area (Å²) in [7, 11) is 0. The minimum Gasteiger partial charge on any atom is -0.336 e. The third-order valence-corrected chi connectivity index (χ3v) is 3.02. The first-order valence-corrected chi connectivity index (χ1v) is 5.96. The van der Waals surface area contributed by atoms with Gasteiger partial charge in [0.1, 0.15) is 5.82 Å². The third-order valence-electron chi connectivity index (χ3n) is 2.45. The summed E-state index contributed by atoms with van der Waals surface area (Å²) in [5.74, 6) is -0.00362. The van der Waals surface area contributed by atoms with Crippen LogP contribution in [-0.4, -0.2) is 9.97 Å². The largest absolute Gasteiger partial charge is 0.336 e. The molecule has 1 heterocycles. The fourth-order valence-corrected chi connectivity index (χ4v) is 1.80. The van der Waals surface area contributed by atoms with Gasteiger partial charge in [-0.1, -0.05) is 23.2 Å². The molecule has 0 bridgehead atoms. The molecule has 0 spiro atoms. The standard InChI is InChI=1S/C12H10Cl2FN3/c1-6-7(2)17-12(11(14)16-6)18-10-4-3-8(15)5-9(10)13/h3-5H,1-2H3,(H,17,18). The van der Waals surface area contributed by atoms with Crippen LogP contribution in [0, 0.1) is 19.7 Å². The van der Waals surface area contributed by atoms with Gasteiger partial charge in [-0.15, -0.1) is 0 Å². The quantitative estimate of drug-likeness (QED) is 0.895. The molecule has 0 radical (unpaired) electrons. The lowest BCUT2D eigenvalue weighted by Crippen LogP contribution is -2.01. The Labute approximate surface area is 114 Å². The summed E-state index contributed by atoms with van der Waals surface area (Å²) in [5, 5.41) is 3.44. The van der Waals surface area contributed by atoms with E-state index >= 15 is 0 Å². The average molecular weight is 286 g/mol. The summed E-state index contributed by atoms with van der Waals surface area (Å²) in [5.41, 5.74) is 2.05. The molecule has 2 aromatic rings. The number of nitrogens with one attached hydrogen (secondary N) is 1. The minimum atomic E-state index is -0.400. The SMILES string of the molecule is Cc1nc(Cl)c(Nc2ccc(F)cc2Cl)nc1C. The van der Waals surface area contributed by atoms with Crippen molar-refractivity contribution in [1.29, 1.82) is 0 Å². The summed E-state index contributed by atoms with van der Waals surface area (Å²) >= 11 is 11.9. The van der Waals surface area contributed by atoms with Gasteiger partial charge in [0.25, 0.3) is 0 Å². The van der Waals surface area contributed by atoms with Crippen molar-refractivity contribution in [2.24, 2.45) is 0 Å². The van der Waals surface area contributed by atoms with Gasteiger partial charge in [-0.3, -0.25) is 0 Å². The molecule has 18 heavy (non-hydrogen) atoms. The van der Waals surface area contributed by atoms with E-state index in [9.17, 15) is 4.39 Å². The van der Waals surface area contributed by atoms with Gasteiger partial charge in [0.2, 0.25) is 0 Å². The summed E-state index contributed by atoms with van der Waals surface area (Å²) in [6, 6.07) is 4.04. The predicted octanol–water partition coefficient (Wildman–Crippen LogP) is 4.28. The average Bonchev–Trinajstić information content (AvgIpc) is 2.29. The Bertz CT molecular complexity index is 602. The third kappa shape index (κ3) is 2.71. The van der Waals surface area contributed by atoms with Crippen molar-refractivity contribution < 1.29 is 4.39 Å². The van der Waals surface area contributed by atoms with Crippen LogP contribution in [0.3, 0.4) is 0 Å². The number of hydrogen-bond acceptors (Lipinski definition) is 3. The molecule has 3 nitrogen and oxygen atoms in total. The van der Waals surface area contributed by atoms with Crippen LogP contribution >= 0.6 is 23.2 Å². The van der Waals surface area contributed by atoms with E-state index in [1.165, 1.54) is 18.2 Å². The zero-order valence-corrected chi connectivity index (χ0v) is 11.3. The molecule has 1 aromatic carbocycles. The predicted molar refractivity (Wildman–Crippen MR) is 71.2 cm³/mol. The molecule has 1 N–H and O–H groups in total. The van der Waals surface area contributed by atoms with Crippen molar-refractivity contribution in [2.75, 3.05) is 5.32 Å². The van der Waals surface area contributed by atoms with Gasteiger partial charge >= 0.3 is 0 Å². The van der Waals surface area contributed by atoms with Crippen molar-refractivity contribution in [2.45, 2.75) is 13.8 Å². The maximum absolute atomic E-state index is 12.9. The Balaban J connectivity index is 2.37. The highest BCUT2D eigenvalue weighted by atomic mass is 35.5. The number of nitrogens with zero attached hydrogens (tertiary/aromatic N) is 2. The van der Waals surface area contributed by atoms with Gasteiger partial charge < -0.3 is 5.32 Å². The molecule has 0 aliphatic rings. The summed E-state index contributed by atoms with van der Waals surface area (Å²) in [6.45, 7) is 3.65. The Morgan fingerprint density at radius 1 is 1.11 bits per heavy atom. The van der Waals surface area contributed by atoms with E-state index in [1.54, 1.807) is 0 Å². The smallest absolute Gasteiger partial charge is 0.172 e. The zero-order valence-electron chi connectivity index (χ0n) is 9.76. The van der Waals surface area contributed by atoms with Crippen molar-refractivity contribution in [3.63, 3.8) is 0 Å². The summed E-state index contributed by atoms with van der Waals surface area (Å²) < 4.78 is 12.9. The van der Waals surface area contributed by atoms with E-state index in [0.717, 1.165) is 11.4 Å². The zero-order chi connectivity index (χ0) is 13.3. The Morgan fingerprint density at radius 3 is 2.44 bits per heavy atom. The Morgan fingerprint density at radius 2 is 1.78 bits per heavy atom. The van der Waals surface area contributed by atoms with E-state index in [4.69, 9.17) is 23.2 Å². The number of anilines is 2. The number of rotatable bonds is 2. The van der Waals surface area contributed by atoms with E-state index in [-0.39, 0.29) is 10.2 Å². The molecular formula is C12H10Cl2FN3. The summed E-state index contributed by atoms with van der Waals surface area (Å²) in [6.07, 6.45) is 0. The van der Waals surface area contributed by atoms with E-state index < -0.39 is 5.82 Å². The highest BCUT2D eigenvalue weighted by Gasteiger charge is 2.09. The highest BCUT2D eigenvalue weighted by molar-refractivity contribution is 6.34. The number of halogens is 3. The van der Waals surface area contributed by atoms with Crippen molar-refractivity contribution >= 4 is 34.7 Å². The van der Waals surface area contributed by atoms with Gasteiger partial charge in [0.15, 0.2) is 11.0 Å². The normalized spacial score (nSPS) is 10.5. The second-order valence-corrected chi connectivity index (χ2v) is 4.55. The Hall–Kier alpha value is -1.39. The van der Waals surface area contributed by atoms with Gasteiger partial charge in [0, 0.05) is 0 Å². The van der Waals surface area contributed by atoms with Crippen molar-refractivity contribution in [1.82, 2.24) is 9.97 Å². The van der Waals surface area contributed by atoms with Crippen molar-refractivity contribution in [3.8, 4) is 0 Å². The van der Waals surface area contributed by atoms with Crippen LogP contribution in [0.5, 0.6) is 0 Å². The number of aryl methyl sites for hydroxylation is 2. The van der Waals surface area contributed by atoms with Gasteiger partial charge in [-0.2, -0.15) is 0 Å². The maximum atomic E-state index is 12.9. The second-order valence-electron chi connectivity index (χ2n) is 3.78. The lowest BCUT2D eigenvalue weighted by Gasteiger charge is -2.10. The van der Waals surface area contributed by atoms with Gasteiger partial charge in [-0.05, 0) is 32.0 Å². The molecule has 0 aliphatic carbocycles. The molecule has 0 saturated carbocycles. The number of hydrogen-bond donors (Lipinski definition) is 1. The van der Waals surface area contributed by atoms with Gasteiger partial charge in [0.05, 0.1) is 22.1 Å². The van der Waals surface area contributed by atoms with Gasteiger partial charge in [-0.25, -0.2) is 14.4 Å². The van der Waals surface area contributed by atoms with Crippen molar-refractivity contribution in [3.05, 3.63) is 45.6 Å². The van der Waals surface area contributed by atoms with Crippen LogP contribution in [0.2, 0.25) is 10.2 Å². The van der Waals surface area contributed by atoms with Crippen LogP contribution in [-0.2, 0) is 0 Å². The molecular weight excluding hydrogens is 276 g/mol. The minimum absolute atomic E-state index is 0.249. The topological polar surface area (TPSA) is 37.8 Å². The fourth-order valence-electron chi connectivity index (χ4n) is 1.37. The molecule has 94 valence electrons. The molecule has 6 heteroatoms. The molecule has 0 aliphatic heterocycles. The highest BCUT2D eigenvalue weighted by Crippen LogP contribution is 2.28. The molecule has 0 atom stereocenters. The molecule has 1 aromatic heterocycles. The first kappa shape index (κ1) is 13.1. The molecule has 0 amide bonds. The molecule has 0 saturated heterocycles. The fraction of sp³-hybridized carbons (Fsp3) is 0.167. The van der Waals surface area contributed by atoms with E-state index in [2.05, 4.69) is 15.3 Å². The second kappa shape index (κ2) is 5.08.